The van der Waals surface area contributed by atoms with Crippen molar-refractivity contribution in [2.24, 2.45) is 10.9 Å². The molecule has 3 rings (SSSR count). The fourth-order valence-electron chi connectivity index (χ4n) is 2.91. The van der Waals surface area contributed by atoms with Crippen LogP contribution in [-0.2, 0) is 17.8 Å². The van der Waals surface area contributed by atoms with Crippen molar-refractivity contribution < 1.29 is 27.1 Å². The molecule has 2 aromatic rings. The Balaban J connectivity index is 2.07. The summed E-state index contributed by atoms with van der Waals surface area (Å²) in [6.45, 7) is -0.216. The zero-order valence-electron chi connectivity index (χ0n) is 14.4. The number of halogens is 5. The second kappa shape index (κ2) is 7.70. The predicted octanol–water partition coefficient (Wildman–Crippen LogP) is 3.50. The van der Waals surface area contributed by atoms with Crippen LogP contribution in [0.3, 0.4) is 0 Å². The Labute approximate surface area is 164 Å². The van der Waals surface area contributed by atoms with E-state index in [0.717, 1.165) is 19.2 Å². The van der Waals surface area contributed by atoms with E-state index >= 15 is 0 Å². The second-order valence-electron chi connectivity index (χ2n) is 6.10. The van der Waals surface area contributed by atoms with Crippen molar-refractivity contribution in [3.63, 3.8) is 0 Å². The number of nitrogens with zero attached hydrogens (tertiary/aromatic N) is 3. The van der Waals surface area contributed by atoms with Crippen molar-refractivity contribution in [1.29, 1.82) is 0 Å². The molecule has 1 aliphatic rings. The quantitative estimate of drug-likeness (QED) is 0.531. The number of carbonyl (C=O) groups is 1. The number of rotatable bonds is 2. The Kier molecular flexibility index (Phi) is 5.67. The van der Waals surface area contributed by atoms with Gasteiger partial charge in [0.05, 0.1) is 23.6 Å². The van der Waals surface area contributed by atoms with E-state index in [2.05, 4.69) is 9.73 Å². The Morgan fingerprint density at radius 1 is 1.29 bits per heavy atom. The minimum absolute atomic E-state index is 0.0323. The molecular formula is C16H14ClF4N3O3S. The topological polar surface area (TPSA) is 65.6 Å². The molecule has 0 amide bonds. The van der Waals surface area contributed by atoms with Gasteiger partial charge < -0.3 is 4.74 Å². The molecule has 0 bridgehead atoms. The molecule has 0 spiro atoms. The first kappa shape index (κ1) is 20.6. The lowest BCUT2D eigenvalue weighted by atomic mass is 10.0. The van der Waals surface area contributed by atoms with Crippen LogP contribution in [0.5, 0.6) is 0 Å². The van der Waals surface area contributed by atoms with E-state index in [1.165, 1.54) is 9.36 Å². The van der Waals surface area contributed by atoms with E-state index < -0.39 is 28.8 Å². The van der Waals surface area contributed by atoms with Gasteiger partial charge in [-0.1, -0.05) is 11.6 Å². The van der Waals surface area contributed by atoms with Crippen molar-refractivity contribution in [2.75, 3.05) is 7.11 Å². The number of fused-ring (bicyclic) bond motifs is 1. The Morgan fingerprint density at radius 3 is 2.54 bits per heavy atom. The number of alkyl halides is 3. The highest BCUT2D eigenvalue weighted by molar-refractivity contribution is 7.06. The van der Waals surface area contributed by atoms with Gasteiger partial charge in [0.2, 0.25) is 4.80 Å². The fourth-order valence-corrected chi connectivity index (χ4v) is 4.03. The van der Waals surface area contributed by atoms with Crippen LogP contribution in [0.4, 0.5) is 23.2 Å². The molecule has 1 unspecified atom stereocenters. The van der Waals surface area contributed by atoms with Gasteiger partial charge in [0.1, 0.15) is 11.5 Å². The third-order valence-corrected chi connectivity index (χ3v) is 5.58. The van der Waals surface area contributed by atoms with E-state index in [4.69, 9.17) is 11.6 Å². The summed E-state index contributed by atoms with van der Waals surface area (Å²) in [6, 6.07) is 1.95. The third kappa shape index (κ3) is 4.00. The normalized spacial score (nSPS) is 17.9. The van der Waals surface area contributed by atoms with E-state index in [0.29, 0.717) is 11.3 Å². The lowest BCUT2D eigenvalue weighted by Crippen LogP contribution is -2.25. The van der Waals surface area contributed by atoms with E-state index in [9.17, 15) is 27.2 Å². The van der Waals surface area contributed by atoms with Gasteiger partial charge in [-0.25, -0.2) is 18.9 Å². The molecular weight excluding hydrogens is 426 g/mol. The number of ether oxygens (including phenoxy) is 1. The first-order valence-electron chi connectivity index (χ1n) is 8.11. The van der Waals surface area contributed by atoms with Crippen molar-refractivity contribution in [3.05, 3.63) is 43.0 Å². The number of methoxy groups -OCH3 is 1. The summed E-state index contributed by atoms with van der Waals surface area (Å²) >= 11 is 6.51. The summed E-state index contributed by atoms with van der Waals surface area (Å²) in [5.74, 6) is -3.18. The molecule has 0 aliphatic carbocycles. The zero-order valence-corrected chi connectivity index (χ0v) is 16.0. The maximum Gasteiger partial charge on any atom is 0.391 e. The highest BCUT2D eigenvalue weighted by Gasteiger charge is 2.40. The smallest absolute Gasteiger partial charge is 0.391 e. The third-order valence-electron chi connectivity index (χ3n) is 4.40. The van der Waals surface area contributed by atoms with Crippen LogP contribution in [-0.4, -0.2) is 28.6 Å². The number of benzene rings is 1. The SMILES string of the molecule is COC(=O)c1cc(N=c2sc(=O)n3n2CCC(C(F)(F)F)CC3)c(F)cc1Cl. The summed E-state index contributed by atoms with van der Waals surface area (Å²) in [6.07, 6.45) is -4.79. The lowest BCUT2D eigenvalue weighted by Gasteiger charge is -2.16. The molecule has 1 atom stereocenters. The van der Waals surface area contributed by atoms with Gasteiger partial charge in [-0.2, -0.15) is 13.2 Å². The number of hydrogen-bond donors (Lipinski definition) is 0. The summed E-state index contributed by atoms with van der Waals surface area (Å²) < 4.78 is 60.4. The van der Waals surface area contributed by atoms with E-state index in [1.807, 2.05) is 0 Å². The molecule has 12 heteroatoms. The van der Waals surface area contributed by atoms with E-state index in [1.54, 1.807) is 0 Å². The molecule has 1 aromatic carbocycles. The minimum atomic E-state index is -4.36. The van der Waals surface area contributed by atoms with E-state index in [-0.39, 0.29) is 47.0 Å². The van der Waals surface area contributed by atoms with Gasteiger partial charge in [0.25, 0.3) is 0 Å². The number of hydrogen-bond acceptors (Lipinski definition) is 5. The van der Waals surface area contributed by atoms with Crippen molar-refractivity contribution in [3.8, 4) is 0 Å². The van der Waals surface area contributed by atoms with Crippen LogP contribution < -0.4 is 9.67 Å². The van der Waals surface area contributed by atoms with Crippen molar-refractivity contribution in [1.82, 2.24) is 9.36 Å². The maximum atomic E-state index is 14.3. The average molecular weight is 440 g/mol. The van der Waals surface area contributed by atoms with Crippen molar-refractivity contribution >= 4 is 34.6 Å². The predicted molar refractivity (Wildman–Crippen MR) is 93.3 cm³/mol. The summed E-state index contributed by atoms with van der Waals surface area (Å²) in [7, 11) is 1.13. The van der Waals surface area contributed by atoms with Gasteiger partial charge in [-0.05, 0) is 36.3 Å². The molecule has 152 valence electrons. The second-order valence-corrected chi connectivity index (χ2v) is 7.43. The molecule has 0 N–H and O–H groups in total. The Morgan fingerprint density at radius 2 is 1.93 bits per heavy atom. The molecule has 0 saturated heterocycles. The lowest BCUT2D eigenvalue weighted by molar-refractivity contribution is -0.178. The minimum Gasteiger partial charge on any atom is -0.465 e. The van der Waals surface area contributed by atoms with Gasteiger partial charge in [0, 0.05) is 13.1 Å². The van der Waals surface area contributed by atoms with Gasteiger partial charge in [0.15, 0.2) is 0 Å². The van der Waals surface area contributed by atoms with Crippen LogP contribution in [0.15, 0.2) is 21.9 Å². The number of aromatic nitrogens is 2. The first-order chi connectivity index (χ1) is 13.1. The van der Waals surface area contributed by atoms with Crippen LogP contribution in [0.25, 0.3) is 0 Å². The van der Waals surface area contributed by atoms with Gasteiger partial charge in [-0.15, -0.1) is 0 Å². The molecule has 0 fully saturated rings. The highest BCUT2D eigenvalue weighted by atomic mass is 35.5. The molecule has 28 heavy (non-hydrogen) atoms. The maximum absolute atomic E-state index is 14.3. The van der Waals surface area contributed by atoms with Crippen LogP contribution >= 0.6 is 22.9 Å². The molecule has 6 nitrogen and oxygen atoms in total. The van der Waals surface area contributed by atoms with Crippen LogP contribution in [0, 0.1) is 11.7 Å². The monoisotopic (exact) mass is 439 g/mol. The molecule has 0 saturated carbocycles. The Bertz CT molecular complexity index is 1040. The Hall–Kier alpha value is -2.14. The van der Waals surface area contributed by atoms with Gasteiger partial charge in [-0.3, -0.25) is 9.48 Å². The summed E-state index contributed by atoms with van der Waals surface area (Å²) in [5, 5.41) is -0.173. The largest absolute Gasteiger partial charge is 0.465 e. The molecule has 1 aliphatic heterocycles. The highest BCUT2D eigenvalue weighted by Crippen LogP contribution is 2.33. The van der Waals surface area contributed by atoms with Crippen LogP contribution in [0.1, 0.15) is 23.2 Å². The summed E-state index contributed by atoms with van der Waals surface area (Å²) in [5.41, 5.74) is -0.400. The molecule has 2 heterocycles. The molecule has 0 radical (unpaired) electrons. The number of carbonyl (C=O) groups excluding carboxylic acids is 1. The fraction of sp³-hybridized carbons (Fsp3) is 0.438. The summed E-state index contributed by atoms with van der Waals surface area (Å²) in [4.78, 5) is 27.5. The first-order valence-corrected chi connectivity index (χ1v) is 9.30. The standard InChI is InChI=1S/C16H14ClF4N3O3S/c1-27-13(25)9-6-12(11(18)7-10(9)17)22-14-23-4-2-8(16(19,20)21)3-5-24(23)15(26)28-14/h6-8H,2-5H2,1H3. The molecule has 1 aromatic heterocycles. The zero-order chi connectivity index (χ0) is 20.6. The van der Waals surface area contributed by atoms with Gasteiger partial charge >= 0.3 is 17.0 Å². The van der Waals surface area contributed by atoms with Crippen molar-refractivity contribution in [2.45, 2.75) is 32.1 Å². The average Bonchev–Trinajstić information content (AvgIpc) is 2.79. The van der Waals surface area contributed by atoms with Crippen LogP contribution in [0.2, 0.25) is 5.02 Å². The number of esters is 1.